The highest BCUT2D eigenvalue weighted by atomic mass is 32.3. The summed E-state index contributed by atoms with van der Waals surface area (Å²) in [5.74, 6) is -0.0824. The number of hydrogen-bond donors (Lipinski definition) is 12. The molecule has 0 aromatic heterocycles. The van der Waals surface area contributed by atoms with Crippen LogP contribution in [0.15, 0.2) is 11.6 Å². The highest BCUT2D eigenvalue weighted by Crippen LogP contribution is 2.76. The Morgan fingerprint density at radius 2 is 1.26 bits per heavy atom. The fourth-order valence-corrected chi connectivity index (χ4v) is 18.0. The number of hydrogen-bond acceptors (Lipinski definition) is 28. The van der Waals surface area contributed by atoms with E-state index in [-0.39, 0.29) is 47.3 Å². The minimum absolute atomic E-state index is 0.0464. The summed E-state index contributed by atoms with van der Waals surface area (Å²) in [6.45, 7) is 13.1. The normalized spacial score (nSPS) is 50.7. The molecule has 30 heteroatoms. The number of ketones is 1. The maximum atomic E-state index is 14.5. The molecule has 4 aliphatic carbocycles. The molecule has 12 N–H and O–H groups in total. The van der Waals surface area contributed by atoms with Gasteiger partial charge >= 0.3 is 16.4 Å². The molecule has 89 heavy (non-hydrogen) atoms. The molecule has 0 radical (unpaired) electrons. The number of cyclic esters (lactones) is 1. The zero-order valence-electron chi connectivity index (χ0n) is 51.7. The fraction of sp³-hybridized carbons (Fsp3) is 0.932. The van der Waals surface area contributed by atoms with Crippen LogP contribution in [0.2, 0.25) is 0 Å². The molecular weight excluding hydrogens is 1200 g/mol. The van der Waals surface area contributed by atoms with Crippen molar-refractivity contribution in [3.05, 3.63) is 11.6 Å². The number of carbonyl (C=O) groups excluding carboxylic acids is 2. The second-order valence-corrected chi connectivity index (χ2v) is 29.2. The molecule has 28 unspecified atom stereocenters. The zero-order chi connectivity index (χ0) is 65.0. The quantitative estimate of drug-likeness (QED) is 0.0384. The van der Waals surface area contributed by atoms with Crippen LogP contribution >= 0.6 is 0 Å². The molecule has 29 nitrogen and oxygen atoms in total. The largest absolute Gasteiger partial charge is 0.458 e. The second kappa shape index (κ2) is 26.1. The monoisotopic (exact) mass is 1300 g/mol. The van der Waals surface area contributed by atoms with Crippen LogP contribution in [0, 0.1) is 45.3 Å². The molecule has 1 spiro atoms. The Hall–Kier alpha value is -2.13. The third-order valence-electron chi connectivity index (χ3n) is 22.0. The van der Waals surface area contributed by atoms with E-state index < -0.39 is 206 Å². The Labute approximate surface area is 517 Å². The molecule has 6 aliphatic heterocycles. The first kappa shape index (κ1) is 69.7. The Kier molecular flexibility index (Phi) is 20.5. The topological polar surface area (TPSA) is 431 Å². The summed E-state index contributed by atoms with van der Waals surface area (Å²) in [5, 5.41) is 122. The Morgan fingerprint density at radius 1 is 0.652 bits per heavy atom. The average molecular weight is 1300 g/mol. The van der Waals surface area contributed by atoms with Crippen LogP contribution in [0.5, 0.6) is 0 Å². The fourth-order valence-electron chi connectivity index (χ4n) is 17.6. The van der Waals surface area contributed by atoms with Gasteiger partial charge in [-0.2, -0.15) is 8.42 Å². The third kappa shape index (κ3) is 12.4. The van der Waals surface area contributed by atoms with Crippen molar-refractivity contribution in [2.24, 2.45) is 45.3 Å². The summed E-state index contributed by atoms with van der Waals surface area (Å²) >= 11 is 0. The van der Waals surface area contributed by atoms with Crippen molar-refractivity contribution in [1.29, 1.82) is 0 Å². The molecular formula is C59H94O29S. The zero-order valence-corrected chi connectivity index (χ0v) is 52.5. The summed E-state index contributed by atoms with van der Waals surface area (Å²) in [6, 6.07) is 0. The minimum Gasteiger partial charge on any atom is -0.458 e. The van der Waals surface area contributed by atoms with Crippen LogP contribution in [0.4, 0.5) is 0 Å². The number of aliphatic hydroxyl groups excluding tert-OH is 11. The maximum absolute atomic E-state index is 14.5. The summed E-state index contributed by atoms with van der Waals surface area (Å²) in [6.07, 6.45) is -34.3. The number of ether oxygens (including phenoxy) is 12. The molecule has 0 aromatic rings. The standard InChI is InChI=1S/C59H94O29S/c1-24(2)18-26(62)19-58(8)34-13-16-57(7)28-10-11-33-55(4,5)35(14-15-56(33,6)27(28)12-17-59(34,57)54(72)87-58)82-52-47(38(66)32(23-78-52)88-89(73,74)75)86-53-48(85-50-40(68)39(67)36(64)30(20-60)80-50)41(69)44(25(3)79-53)83-51-43(71)46(37(65)31(21-61)81-51)84-49-42(70)45(76-9)29(63)22-77-49/h10,24-25,27,29-53,60-61,63-71H,11-23H2,1-9H3,(H,73,74,75)/t25?,27?,29?,30?,31?,32?,33?,34?,35?,36?,37?,38?,39?,40?,41?,42?,43?,44?,45?,46?,47?,48?,49?,50?,51?,52?,53?,56-,57+,58+,59?/m1/s1. The van der Waals surface area contributed by atoms with Gasteiger partial charge in [-0.25, -0.2) is 4.18 Å². The van der Waals surface area contributed by atoms with E-state index in [1.807, 2.05) is 20.8 Å². The number of aliphatic hydroxyl groups is 11. The van der Waals surface area contributed by atoms with Crippen molar-refractivity contribution in [3.8, 4) is 0 Å². The Morgan fingerprint density at radius 3 is 1.91 bits per heavy atom. The van der Waals surface area contributed by atoms with Gasteiger partial charge in [0, 0.05) is 31.3 Å². The average Bonchev–Trinajstić information content (AvgIpc) is 1.55. The molecule has 0 amide bonds. The van der Waals surface area contributed by atoms with Gasteiger partial charge in [0.15, 0.2) is 31.5 Å². The van der Waals surface area contributed by atoms with Gasteiger partial charge < -0.3 is 113 Å². The molecule has 9 fully saturated rings. The lowest BCUT2D eigenvalue weighted by atomic mass is 9.41. The van der Waals surface area contributed by atoms with E-state index in [2.05, 4.69) is 33.8 Å². The smallest absolute Gasteiger partial charge is 0.397 e. The van der Waals surface area contributed by atoms with Crippen molar-refractivity contribution < 1.29 is 140 Å². The van der Waals surface area contributed by atoms with E-state index in [1.165, 1.54) is 19.6 Å². The predicted molar refractivity (Wildman–Crippen MR) is 298 cm³/mol. The van der Waals surface area contributed by atoms with E-state index in [1.54, 1.807) is 0 Å². The van der Waals surface area contributed by atoms with E-state index in [0.717, 1.165) is 12.8 Å². The first-order valence-electron chi connectivity index (χ1n) is 31.2. The predicted octanol–water partition coefficient (Wildman–Crippen LogP) is -1.84. The lowest BCUT2D eigenvalue weighted by Gasteiger charge is -2.64. The van der Waals surface area contributed by atoms with Gasteiger partial charge in [-0.05, 0) is 87.4 Å². The summed E-state index contributed by atoms with van der Waals surface area (Å²) in [7, 11) is -4.06. The molecule has 510 valence electrons. The molecule has 6 saturated heterocycles. The minimum atomic E-state index is -5.28. The van der Waals surface area contributed by atoms with Crippen molar-refractivity contribution in [3.63, 3.8) is 0 Å². The Bertz CT molecular complexity index is 2650. The third-order valence-corrected chi connectivity index (χ3v) is 22.5. The second-order valence-electron chi connectivity index (χ2n) is 28.2. The van der Waals surface area contributed by atoms with Gasteiger partial charge in [0.25, 0.3) is 0 Å². The van der Waals surface area contributed by atoms with Crippen LogP contribution < -0.4 is 0 Å². The van der Waals surface area contributed by atoms with Crippen molar-refractivity contribution >= 4 is 22.2 Å². The number of carbonyl (C=O) groups is 2. The van der Waals surface area contributed by atoms with Gasteiger partial charge in [-0.15, -0.1) is 0 Å². The molecule has 0 aromatic carbocycles. The summed E-state index contributed by atoms with van der Waals surface area (Å²) < 4.78 is 112. The van der Waals surface area contributed by atoms with Gasteiger partial charge in [0.2, 0.25) is 0 Å². The first-order chi connectivity index (χ1) is 41.7. The summed E-state index contributed by atoms with van der Waals surface area (Å²) in [4.78, 5) is 27.8. The van der Waals surface area contributed by atoms with E-state index in [4.69, 9.17) is 61.0 Å². The highest BCUT2D eigenvalue weighted by Gasteiger charge is 2.76. The molecule has 10 aliphatic rings. The lowest BCUT2D eigenvalue weighted by Crippen LogP contribution is -2.68. The molecule has 31 atom stereocenters. The number of rotatable bonds is 19. The van der Waals surface area contributed by atoms with Crippen LogP contribution in [0.3, 0.4) is 0 Å². The van der Waals surface area contributed by atoms with Gasteiger partial charge in [0.1, 0.15) is 115 Å². The number of methoxy groups -OCH3 is 1. The van der Waals surface area contributed by atoms with Gasteiger partial charge in [-0.3, -0.25) is 14.1 Å². The molecule has 0 bridgehead atoms. The first-order valence-corrected chi connectivity index (χ1v) is 32.5. The SMILES string of the molecule is COC1C(O)COC(OC2C(O)C(CO)OC(OC3C(C)OC(OC4C(OC5CC[C@]6(C)C7CCC89C(=O)O[C@@](C)(CC(=O)CC(C)C)C8CC[C@@]9(C)C7=CCC6C5(C)C)OCC(OS(=O)(=O)O)C4O)C(OC4OC(CO)C(O)C(O)C4O)C3O)C2O)C1O. The maximum Gasteiger partial charge on any atom is 0.397 e. The van der Waals surface area contributed by atoms with E-state index >= 15 is 0 Å². The van der Waals surface area contributed by atoms with Crippen LogP contribution in [0.1, 0.15) is 113 Å². The summed E-state index contributed by atoms with van der Waals surface area (Å²) in [5.41, 5.74) is -1.98. The number of allylic oxidation sites excluding steroid dienone is 2. The van der Waals surface area contributed by atoms with Gasteiger partial charge in [0.05, 0.1) is 44.1 Å². The van der Waals surface area contributed by atoms with Crippen molar-refractivity contribution in [1.82, 2.24) is 0 Å². The Balaban J connectivity index is 0.914. The van der Waals surface area contributed by atoms with Crippen LogP contribution in [0.25, 0.3) is 0 Å². The number of Topliss-reactive ketones (excluding diaryl/α,β-unsaturated/α-hetero) is 1. The van der Waals surface area contributed by atoms with Crippen molar-refractivity contribution in [2.75, 3.05) is 33.5 Å². The number of esters is 1. The molecule has 10 rings (SSSR count). The van der Waals surface area contributed by atoms with E-state index in [0.29, 0.717) is 38.5 Å². The molecule has 3 saturated carbocycles. The highest BCUT2D eigenvalue weighted by molar-refractivity contribution is 7.80. The van der Waals surface area contributed by atoms with Gasteiger partial charge in [-0.1, -0.05) is 53.2 Å². The lowest BCUT2D eigenvalue weighted by molar-refractivity contribution is -0.405. The molecule has 6 heterocycles. The number of fused-ring (bicyclic) bond motifs is 4. The van der Waals surface area contributed by atoms with Crippen LogP contribution in [-0.4, -0.2) is 267 Å². The van der Waals surface area contributed by atoms with E-state index in [9.17, 15) is 78.7 Å². The van der Waals surface area contributed by atoms with Crippen molar-refractivity contribution in [2.45, 2.75) is 266 Å². The van der Waals surface area contributed by atoms with Crippen LogP contribution in [-0.2, 0) is 81.0 Å².